The first-order valence-corrected chi connectivity index (χ1v) is 4.11. The van der Waals surface area contributed by atoms with E-state index in [1.807, 2.05) is 30.5 Å². The van der Waals surface area contributed by atoms with Crippen molar-refractivity contribution in [2.24, 2.45) is 0 Å². The molecule has 1 heterocycles. The smallest absolute Gasteiger partial charge is 0.0550 e. The standard InChI is InChI=1S/C9H6NS/c1-2-4-8(5-3-1)9-6-7-10-11-9/h1-2,4-7H. The van der Waals surface area contributed by atoms with E-state index < -0.39 is 0 Å². The van der Waals surface area contributed by atoms with Crippen LogP contribution in [-0.2, 0) is 0 Å². The molecule has 2 aromatic rings. The molecule has 0 N–H and O–H groups in total. The van der Waals surface area contributed by atoms with Crippen molar-refractivity contribution in [3.8, 4) is 10.4 Å². The first kappa shape index (κ1) is 6.55. The van der Waals surface area contributed by atoms with Crippen LogP contribution in [0, 0.1) is 6.07 Å². The Kier molecular flexibility index (Phi) is 1.69. The maximum atomic E-state index is 4.03. The number of hydrogen-bond donors (Lipinski definition) is 0. The van der Waals surface area contributed by atoms with E-state index in [2.05, 4.69) is 16.5 Å². The van der Waals surface area contributed by atoms with Gasteiger partial charge in [0, 0.05) is 6.20 Å². The summed E-state index contributed by atoms with van der Waals surface area (Å²) in [6.45, 7) is 0. The third-order valence-corrected chi connectivity index (χ3v) is 2.23. The first-order chi connectivity index (χ1) is 5.47. The van der Waals surface area contributed by atoms with Gasteiger partial charge in [-0.1, -0.05) is 18.2 Å². The number of aromatic nitrogens is 1. The Balaban J connectivity index is 2.46. The van der Waals surface area contributed by atoms with Crippen LogP contribution in [0.25, 0.3) is 10.4 Å². The van der Waals surface area contributed by atoms with E-state index >= 15 is 0 Å². The van der Waals surface area contributed by atoms with E-state index in [1.54, 1.807) is 0 Å². The van der Waals surface area contributed by atoms with Crippen LogP contribution in [0.3, 0.4) is 0 Å². The summed E-state index contributed by atoms with van der Waals surface area (Å²) in [5.74, 6) is 0. The molecule has 2 rings (SSSR count). The zero-order chi connectivity index (χ0) is 7.52. The normalized spacial score (nSPS) is 9.82. The lowest BCUT2D eigenvalue weighted by atomic mass is 10.2. The highest BCUT2D eigenvalue weighted by molar-refractivity contribution is 7.09. The largest absolute Gasteiger partial charge is 0.201 e. The summed E-state index contributed by atoms with van der Waals surface area (Å²) < 4.78 is 4.03. The van der Waals surface area contributed by atoms with Crippen LogP contribution in [0.5, 0.6) is 0 Å². The molecule has 1 radical (unpaired) electrons. The number of rotatable bonds is 1. The van der Waals surface area contributed by atoms with Gasteiger partial charge in [-0.25, -0.2) is 4.37 Å². The first-order valence-electron chi connectivity index (χ1n) is 3.34. The molecule has 0 amide bonds. The summed E-state index contributed by atoms with van der Waals surface area (Å²) in [5, 5.41) is 0. The minimum atomic E-state index is 1.19. The van der Waals surface area contributed by atoms with Crippen LogP contribution in [0.4, 0.5) is 0 Å². The van der Waals surface area contributed by atoms with Crippen molar-refractivity contribution in [2.45, 2.75) is 0 Å². The van der Waals surface area contributed by atoms with Gasteiger partial charge in [-0.05, 0) is 35.3 Å². The molecule has 0 fully saturated rings. The molecule has 1 nitrogen and oxygen atoms in total. The SMILES string of the molecule is [c]1cccc(-c2ccns2)c1. The molecule has 11 heavy (non-hydrogen) atoms. The van der Waals surface area contributed by atoms with Crippen molar-refractivity contribution in [1.29, 1.82) is 0 Å². The van der Waals surface area contributed by atoms with E-state index in [1.165, 1.54) is 22.0 Å². The third kappa shape index (κ3) is 1.30. The Hall–Kier alpha value is -1.15. The van der Waals surface area contributed by atoms with Gasteiger partial charge in [0.2, 0.25) is 0 Å². The Morgan fingerprint density at radius 1 is 1.36 bits per heavy atom. The van der Waals surface area contributed by atoms with Gasteiger partial charge in [0.15, 0.2) is 0 Å². The minimum Gasteiger partial charge on any atom is -0.201 e. The highest BCUT2D eigenvalue weighted by Gasteiger charge is 1.95. The second-order valence-corrected chi connectivity index (χ2v) is 3.00. The Bertz CT molecular complexity index is 313. The maximum Gasteiger partial charge on any atom is 0.0550 e. The van der Waals surface area contributed by atoms with Crippen LogP contribution in [0.2, 0.25) is 0 Å². The highest BCUT2D eigenvalue weighted by Crippen LogP contribution is 2.21. The van der Waals surface area contributed by atoms with Crippen LogP contribution in [-0.4, -0.2) is 4.37 Å². The quantitative estimate of drug-likeness (QED) is 0.625. The number of hydrogen-bond acceptors (Lipinski definition) is 2. The van der Waals surface area contributed by atoms with Crippen molar-refractivity contribution in [3.05, 3.63) is 42.6 Å². The lowest BCUT2D eigenvalue weighted by molar-refractivity contribution is 1.58. The van der Waals surface area contributed by atoms with Crippen molar-refractivity contribution in [3.63, 3.8) is 0 Å². The predicted molar refractivity (Wildman–Crippen MR) is 46.4 cm³/mol. The van der Waals surface area contributed by atoms with Crippen molar-refractivity contribution >= 4 is 11.5 Å². The maximum absolute atomic E-state index is 4.03. The molecule has 0 aliphatic heterocycles. The van der Waals surface area contributed by atoms with Gasteiger partial charge in [0.1, 0.15) is 0 Å². The molecule has 0 aliphatic carbocycles. The molecule has 1 aromatic carbocycles. The van der Waals surface area contributed by atoms with Gasteiger partial charge in [-0.3, -0.25) is 0 Å². The highest BCUT2D eigenvalue weighted by atomic mass is 32.1. The number of nitrogens with zero attached hydrogens (tertiary/aromatic N) is 1. The van der Waals surface area contributed by atoms with Crippen molar-refractivity contribution in [2.75, 3.05) is 0 Å². The van der Waals surface area contributed by atoms with Crippen LogP contribution in [0.1, 0.15) is 0 Å². The molecule has 1 aromatic heterocycles. The van der Waals surface area contributed by atoms with Crippen molar-refractivity contribution < 1.29 is 0 Å². The molecular formula is C9H6NS. The zero-order valence-corrected chi connectivity index (χ0v) is 6.64. The topological polar surface area (TPSA) is 12.9 Å². The molecule has 0 unspecified atom stereocenters. The molecule has 0 saturated carbocycles. The Morgan fingerprint density at radius 3 is 3.00 bits per heavy atom. The zero-order valence-electron chi connectivity index (χ0n) is 5.82. The monoisotopic (exact) mass is 160 g/mol. The minimum absolute atomic E-state index is 1.19. The predicted octanol–water partition coefficient (Wildman–Crippen LogP) is 2.61. The average molecular weight is 160 g/mol. The molecule has 0 bridgehead atoms. The molecule has 53 valence electrons. The fourth-order valence-corrected chi connectivity index (χ4v) is 1.50. The fraction of sp³-hybridized carbons (Fsp3) is 0. The molecular weight excluding hydrogens is 154 g/mol. The van der Waals surface area contributed by atoms with Crippen LogP contribution >= 0.6 is 11.5 Å². The van der Waals surface area contributed by atoms with Crippen molar-refractivity contribution in [1.82, 2.24) is 4.37 Å². The molecule has 0 atom stereocenters. The van der Waals surface area contributed by atoms with Crippen LogP contribution in [0.15, 0.2) is 36.5 Å². The summed E-state index contributed by atoms with van der Waals surface area (Å²) in [7, 11) is 0. The summed E-state index contributed by atoms with van der Waals surface area (Å²) in [5.41, 5.74) is 1.19. The second-order valence-electron chi connectivity index (χ2n) is 2.17. The Labute approximate surface area is 69.5 Å². The summed E-state index contributed by atoms with van der Waals surface area (Å²) in [4.78, 5) is 1.20. The Morgan fingerprint density at radius 2 is 2.36 bits per heavy atom. The lowest BCUT2D eigenvalue weighted by Crippen LogP contribution is -1.67. The number of benzene rings is 1. The summed E-state index contributed by atoms with van der Waals surface area (Å²) >= 11 is 1.51. The second kappa shape index (κ2) is 2.84. The van der Waals surface area contributed by atoms with Gasteiger partial charge in [-0.2, -0.15) is 0 Å². The summed E-state index contributed by atoms with van der Waals surface area (Å²) in [6.07, 6.45) is 1.81. The molecule has 0 spiro atoms. The lowest BCUT2D eigenvalue weighted by Gasteiger charge is -1.91. The van der Waals surface area contributed by atoms with E-state index in [4.69, 9.17) is 0 Å². The fourth-order valence-electron chi connectivity index (χ4n) is 0.911. The third-order valence-electron chi connectivity index (χ3n) is 1.43. The molecule has 2 heteroatoms. The van der Waals surface area contributed by atoms with E-state index in [-0.39, 0.29) is 0 Å². The van der Waals surface area contributed by atoms with E-state index in [0.717, 1.165) is 0 Å². The average Bonchev–Trinajstić information content (AvgIpc) is 2.58. The van der Waals surface area contributed by atoms with Crippen LogP contribution < -0.4 is 0 Å². The molecule has 0 saturated heterocycles. The summed E-state index contributed by atoms with van der Waals surface area (Å²) in [6, 6.07) is 12.9. The van der Waals surface area contributed by atoms with E-state index in [0.29, 0.717) is 0 Å². The van der Waals surface area contributed by atoms with Gasteiger partial charge in [-0.15, -0.1) is 0 Å². The van der Waals surface area contributed by atoms with Gasteiger partial charge >= 0.3 is 0 Å². The molecule has 0 aliphatic rings. The van der Waals surface area contributed by atoms with Gasteiger partial charge < -0.3 is 0 Å². The van der Waals surface area contributed by atoms with Gasteiger partial charge in [0.25, 0.3) is 0 Å². The van der Waals surface area contributed by atoms with Gasteiger partial charge in [0.05, 0.1) is 4.88 Å². The van der Waals surface area contributed by atoms with E-state index in [9.17, 15) is 0 Å².